The van der Waals surface area contributed by atoms with E-state index in [9.17, 15) is 19.8 Å². The van der Waals surface area contributed by atoms with E-state index < -0.39 is 5.97 Å². The van der Waals surface area contributed by atoms with Gasteiger partial charge in [-0.1, -0.05) is 35.9 Å². The number of amides is 1. The van der Waals surface area contributed by atoms with Crippen LogP contribution in [0.2, 0.25) is 0 Å². The summed E-state index contributed by atoms with van der Waals surface area (Å²) >= 11 is 0. The average Bonchev–Trinajstić information content (AvgIpc) is 3.00. The molecule has 7 heteroatoms. The van der Waals surface area contributed by atoms with Crippen molar-refractivity contribution in [2.75, 3.05) is 5.32 Å². The fraction of sp³-hybridized carbons (Fsp3) is 0.136. The summed E-state index contributed by atoms with van der Waals surface area (Å²) in [5.74, 6) is -1.04. The van der Waals surface area contributed by atoms with E-state index in [4.69, 9.17) is 0 Å². The Morgan fingerprint density at radius 3 is 2.55 bits per heavy atom. The molecule has 4 rings (SSSR count). The van der Waals surface area contributed by atoms with Crippen LogP contribution in [-0.2, 0) is 22.6 Å². The van der Waals surface area contributed by atoms with E-state index in [-0.39, 0.29) is 12.2 Å². The predicted molar refractivity (Wildman–Crippen MR) is 110 cm³/mol. The maximum Gasteiger partial charge on any atom is 0.307 e. The number of carbonyl (C=O) groups excluding carboxylic acids is 1. The number of hydrogen-bond donors (Lipinski definition) is 3. The van der Waals surface area contributed by atoms with E-state index in [1.54, 1.807) is 12.3 Å². The van der Waals surface area contributed by atoms with Crippen molar-refractivity contribution in [1.29, 1.82) is 0 Å². The molecule has 0 aliphatic carbocycles. The van der Waals surface area contributed by atoms with E-state index in [1.165, 1.54) is 6.20 Å². The standard InChI is InChI=1S/C22H19N3O4/c1-13-2-4-14(5-3-13)11-25-16-7-6-15(8-19(28)29)22(24-12-26)21(16)20-17(25)9-23-10-18(20)27/h2-7,9-10,12,27H,8,11H2,1H3,(H,24,26)(H,28,29). The van der Waals surface area contributed by atoms with Crippen LogP contribution in [0.3, 0.4) is 0 Å². The molecule has 0 spiro atoms. The van der Waals surface area contributed by atoms with Crippen LogP contribution >= 0.6 is 0 Å². The normalized spacial score (nSPS) is 11.1. The molecule has 7 nitrogen and oxygen atoms in total. The zero-order valence-electron chi connectivity index (χ0n) is 15.7. The zero-order chi connectivity index (χ0) is 20.5. The number of fused-ring (bicyclic) bond motifs is 3. The fourth-order valence-corrected chi connectivity index (χ4v) is 3.72. The van der Waals surface area contributed by atoms with Gasteiger partial charge in [-0.15, -0.1) is 0 Å². The molecule has 0 saturated carbocycles. The molecule has 0 aliphatic heterocycles. The Morgan fingerprint density at radius 2 is 1.86 bits per heavy atom. The lowest BCUT2D eigenvalue weighted by atomic mass is 10.0. The molecule has 0 atom stereocenters. The number of aliphatic carboxylic acids is 1. The fourth-order valence-electron chi connectivity index (χ4n) is 3.72. The van der Waals surface area contributed by atoms with Gasteiger partial charge in [0.1, 0.15) is 5.75 Å². The van der Waals surface area contributed by atoms with Gasteiger partial charge in [-0.05, 0) is 24.1 Å². The first-order valence-electron chi connectivity index (χ1n) is 9.08. The molecule has 0 bridgehead atoms. The van der Waals surface area contributed by atoms with Crippen LogP contribution in [0.5, 0.6) is 5.75 Å². The van der Waals surface area contributed by atoms with Crippen molar-refractivity contribution in [2.45, 2.75) is 19.9 Å². The van der Waals surface area contributed by atoms with E-state index in [1.807, 2.05) is 41.8 Å². The van der Waals surface area contributed by atoms with E-state index in [2.05, 4.69) is 10.3 Å². The quantitative estimate of drug-likeness (QED) is 0.438. The van der Waals surface area contributed by atoms with Gasteiger partial charge in [-0.25, -0.2) is 0 Å². The molecule has 3 N–H and O–H groups in total. The second kappa shape index (κ2) is 7.27. The Hall–Kier alpha value is -3.87. The van der Waals surface area contributed by atoms with Gasteiger partial charge < -0.3 is 20.1 Å². The minimum absolute atomic E-state index is 0.0309. The highest BCUT2D eigenvalue weighted by Crippen LogP contribution is 2.40. The van der Waals surface area contributed by atoms with Crippen LogP contribution in [0.25, 0.3) is 21.8 Å². The predicted octanol–water partition coefficient (Wildman–Crippen LogP) is 3.45. The van der Waals surface area contributed by atoms with Crippen molar-refractivity contribution in [3.8, 4) is 5.75 Å². The number of carboxylic acids is 1. The van der Waals surface area contributed by atoms with Crippen LogP contribution in [0, 0.1) is 6.92 Å². The lowest BCUT2D eigenvalue weighted by Gasteiger charge is -2.11. The summed E-state index contributed by atoms with van der Waals surface area (Å²) in [6.07, 6.45) is 3.27. The van der Waals surface area contributed by atoms with Gasteiger partial charge in [-0.3, -0.25) is 14.6 Å². The van der Waals surface area contributed by atoms with Gasteiger partial charge >= 0.3 is 5.97 Å². The Balaban J connectivity index is 2.04. The summed E-state index contributed by atoms with van der Waals surface area (Å²) in [5.41, 5.74) is 4.53. The lowest BCUT2D eigenvalue weighted by molar-refractivity contribution is -0.136. The molecule has 2 aromatic heterocycles. The molecule has 1 amide bonds. The maximum atomic E-state index is 11.3. The van der Waals surface area contributed by atoms with E-state index in [0.717, 1.165) is 16.6 Å². The molecule has 2 heterocycles. The van der Waals surface area contributed by atoms with Gasteiger partial charge in [0.05, 0.1) is 40.9 Å². The highest BCUT2D eigenvalue weighted by atomic mass is 16.4. The van der Waals surface area contributed by atoms with Crippen molar-refractivity contribution in [2.24, 2.45) is 0 Å². The molecule has 0 saturated heterocycles. The van der Waals surface area contributed by atoms with Crippen LogP contribution in [0.15, 0.2) is 48.8 Å². The summed E-state index contributed by atoms with van der Waals surface area (Å²) in [6, 6.07) is 11.6. The first-order chi connectivity index (χ1) is 14.0. The van der Waals surface area contributed by atoms with Crippen molar-refractivity contribution in [3.63, 3.8) is 0 Å². The zero-order valence-corrected chi connectivity index (χ0v) is 15.7. The molecular weight excluding hydrogens is 370 g/mol. The summed E-state index contributed by atoms with van der Waals surface area (Å²) in [6.45, 7) is 2.55. The number of nitrogens with zero attached hydrogens (tertiary/aromatic N) is 2. The molecule has 4 aromatic rings. The SMILES string of the molecule is Cc1ccc(Cn2c3cncc(O)c3c3c(NC=O)c(CC(=O)O)ccc32)cc1. The number of rotatable bonds is 6. The minimum Gasteiger partial charge on any atom is -0.506 e. The largest absolute Gasteiger partial charge is 0.506 e. The molecule has 0 unspecified atom stereocenters. The van der Waals surface area contributed by atoms with Crippen molar-refractivity contribution >= 4 is 39.9 Å². The summed E-state index contributed by atoms with van der Waals surface area (Å²) in [5, 5.41) is 23.5. The number of benzene rings is 2. The summed E-state index contributed by atoms with van der Waals surface area (Å²) in [7, 11) is 0. The van der Waals surface area contributed by atoms with Crippen LogP contribution in [-0.4, -0.2) is 32.1 Å². The Labute approximate surface area is 166 Å². The van der Waals surface area contributed by atoms with Gasteiger partial charge in [0.25, 0.3) is 0 Å². The molecule has 146 valence electrons. The van der Waals surface area contributed by atoms with Gasteiger partial charge in [0.2, 0.25) is 6.41 Å². The monoisotopic (exact) mass is 389 g/mol. The first-order valence-corrected chi connectivity index (χ1v) is 9.08. The third kappa shape index (κ3) is 3.27. The molecular formula is C22H19N3O4. The number of aryl methyl sites for hydroxylation is 1. The van der Waals surface area contributed by atoms with Crippen molar-refractivity contribution in [3.05, 3.63) is 65.5 Å². The van der Waals surface area contributed by atoms with Gasteiger partial charge in [0.15, 0.2) is 0 Å². The number of pyridine rings is 1. The van der Waals surface area contributed by atoms with Gasteiger partial charge in [-0.2, -0.15) is 0 Å². The maximum absolute atomic E-state index is 11.3. The highest BCUT2D eigenvalue weighted by molar-refractivity contribution is 6.18. The second-order valence-corrected chi connectivity index (χ2v) is 6.95. The summed E-state index contributed by atoms with van der Waals surface area (Å²) < 4.78 is 2.00. The molecule has 0 aliphatic rings. The molecule has 29 heavy (non-hydrogen) atoms. The van der Waals surface area contributed by atoms with Crippen molar-refractivity contribution < 1.29 is 19.8 Å². The third-order valence-electron chi connectivity index (χ3n) is 5.01. The first kappa shape index (κ1) is 18.5. The average molecular weight is 389 g/mol. The molecule has 0 fully saturated rings. The molecule has 2 aromatic carbocycles. The number of carbonyl (C=O) groups is 2. The minimum atomic E-state index is -1.01. The topological polar surface area (TPSA) is 104 Å². The number of nitrogens with one attached hydrogen (secondary N) is 1. The van der Waals surface area contributed by atoms with Crippen LogP contribution in [0.1, 0.15) is 16.7 Å². The lowest BCUT2D eigenvalue weighted by Crippen LogP contribution is -2.06. The number of carboxylic acid groups (broad SMARTS) is 1. The summed E-state index contributed by atoms with van der Waals surface area (Å²) in [4.78, 5) is 26.7. The number of aromatic hydroxyl groups is 1. The van der Waals surface area contributed by atoms with Crippen LogP contribution < -0.4 is 5.32 Å². The van der Waals surface area contributed by atoms with Gasteiger partial charge in [0, 0.05) is 11.9 Å². The van der Waals surface area contributed by atoms with E-state index in [0.29, 0.717) is 40.5 Å². The third-order valence-corrected chi connectivity index (χ3v) is 5.01. The Bertz CT molecular complexity index is 1240. The second-order valence-electron chi connectivity index (χ2n) is 6.95. The number of aromatic nitrogens is 2. The highest BCUT2D eigenvalue weighted by Gasteiger charge is 2.20. The smallest absolute Gasteiger partial charge is 0.307 e. The van der Waals surface area contributed by atoms with Crippen molar-refractivity contribution in [1.82, 2.24) is 9.55 Å². The Morgan fingerprint density at radius 1 is 1.10 bits per heavy atom. The number of hydrogen-bond acceptors (Lipinski definition) is 4. The molecule has 0 radical (unpaired) electrons. The van der Waals surface area contributed by atoms with E-state index >= 15 is 0 Å². The number of anilines is 1. The Kier molecular flexibility index (Phi) is 4.64. The van der Waals surface area contributed by atoms with Crippen LogP contribution in [0.4, 0.5) is 5.69 Å².